The van der Waals surface area contributed by atoms with Crippen LogP contribution in [0.5, 0.6) is 5.75 Å². The van der Waals surface area contributed by atoms with Crippen molar-refractivity contribution in [2.45, 2.75) is 42.8 Å². The molecule has 2 amide bonds. The molecule has 0 unspecified atom stereocenters. The zero-order chi connectivity index (χ0) is 20.4. The van der Waals surface area contributed by atoms with Gasteiger partial charge in [-0.2, -0.15) is 0 Å². The van der Waals surface area contributed by atoms with E-state index in [0.29, 0.717) is 17.2 Å². The second-order valence-electron chi connectivity index (χ2n) is 7.90. The highest BCUT2D eigenvalue weighted by Crippen LogP contribution is 2.36. The first-order valence-corrected chi connectivity index (χ1v) is 11.1. The molecule has 5 nitrogen and oxygen atoms in total. The van der Waals surface area contributed by atoms with E-state index in [9.17, 15) is 14.7 Å². The summed E-state index contributed by atoms with van der Waals surface area (Å²) in [5, 5.41) is 12.2. The van der Waals surface area contributed by atoms with E-state index in [1.807, 2.05) is 42.2 Å². The Morgan fingerprint density at radius 3 is 2.62 bits per heavy atom. The fourth-order valence-corrected chi connectivity index (χ4v) is 4.91. The molecule has 0 aliphatic carbocycles. The molecule has 152 valence electrons. The lowest BCUT2D eigenvalue weighted by Gasteiger charge is -2.32. The highest BCUT2D eigenvalue weighted by molar-refractivity contribution is 8.00. The van der Waals surface area contributed by atoms with Crippen LogP contribution in [-0.2, 0) is 11.2 Å². The third-order valence-electron chi connectivity index (χ3n) is 5.84. The Morgan fingerprint density at radius 1 is 1.17 bits per heavy atom. The van der Waals surface area contributed by atoms with Crippen LogP contribution in [0.15, 0.2) is 47.4 Å². The van der Waals surface area contributed by atoms with Crippen LogP contribution < -0.4 is 5.32 Å². The Kier molecular flexibility index (Phi) is 5.81. The summed E-state index contributed by atoms with van der Waals surface area (Å²) in [5.74, 6) is 0.952. The van der Waals surface area contributed by atoms with E-state index >= 15 is 0 Å². The number of amides is 2. The van der Waals surface area contributed by atoms with Crippen molar-refractivity contribution in [2.75, 3.05) is 18.4 Å². The average molecular weight is 411 g/mol. The first-order chi connectivity index (χ1) is 14.0. The first-order valence-electron chi connectivity index (χ1n) is 10.2. The molecule has 1 fully saturated rings. The van der Waals surface area contributed by atoms with Crippen LogP contribution in [0.25, 0.3) is 0 Å². The molecule has 1 atom stereocenters. The molecule has 2 N–H and O–H groups in total. The number of phenolic OH excluding ortho intramolecular Hbond substituents is 1. The Labute approximate surface area is 175 Å². The van der Waals surface area contributed by atoms with Gasteiger partial charge in [-0.3, -0.25) is 9.59 Å². The molecule has 0 bridgehead atoms. The molecule has 4 rings (SSSR count). The summed E-state index contributed by atoms with van der Waals surface area (Å²) >= 11 is 1.53. The maximum atomic E-state index is 12.9. The number of thioether (sulfide) groups is 1. The van der Waals surface area contributed by atoms with Crippen LogP contribution >= 0.6 is 11.8 Å². The van der Waals surface area contributed by atoms with Gasteiger partial charge in [-0.05, 0) is 74.4 Å². The zero-order valence-electron chi connectivity index (χ0n) is 16.6. The summed E-state index contributed by atoms with van der Waals surface area (Å²) in [6, 6.07) is 13.0. The van der Waals surface area contributed by atoms with Gasteiger partial charge in [-0.1, -0.05) is 12.1 Å². The van der Waals surface area contributed by atoms with E-state index in [2.05, 4.69) is 5.32 Å². The van der Waals surface area contributed by atoms with Crippen LogP contribution in [0.2, 0.25) is 0 Å². The lowest BCUT2D eigenvalue weighted by molar-refractivity contribution is -0.115. The predicted molar refractivity (Wildman–Crippen MR) is 115 cm³/mol. The van der Waals surface area contributed by atoms with Crippen molar-refractivity contribution in [3.05, 3.63) is 53.6 Å². The lowest BCUT2D eigenvalue weighted by Crippen LogP contribution is -2.38. The third kappa shape index (κ3) is 4.58. The topological polar surface area (TPSA) is 69.6 Å². The van der Waals surface area contributed by atoms with Crippen molar-refractivity contribution >= 4 is 29.3 Å². The molecular weight excluding hydrogens is 384 g/mol. The van der Waals surface area contributed by atoms with E-state index in [1.165, 1.54) is 17.3 Å². The number of nitrogens with zero attached hydrogens (tertiary/aromatic N) is 1. The molecule has 0 spiro atoms. The van der Waals surface area contributed by atoms with Gasteiger partial charge in [0.05, 0.1) is 10.9 Å². The minimum absolute atomic E-state index is 0.0125. The number of carbonyl (C=O) groups excluding carboxylic acids is 2. The number of benzene rings is 2. The molecule has 29 heavy (non-hydrogen) atoms. The summed E-state index contributed by atoms with van der Waals surface area (Å²) in [4.78, 5) is 27.8. The van der Waals surface area contributed by atoms with Crippen molar-refractivity contribution in [1.82, 2.24) is 4.90 Å². The number of rotatable bonds is 4. The molecular formula is C23H26N2O3S. The van der Waals surface area contributed by atoms with Crippen LogP contribution in [0.3, 0.4) is 0 Å². The van der Waals surface area contributed by atoms with Gasteiger partial charge in [-0.25, -0.2) is 0 Å². The summed E-state index contributed by atoms with van der Waals surface area (Å²) in [6.07, 6.45) is 4.13. The Morgan fingerprint density at radius 2 is 1.90 bits per heavy atom. The fraction of sp³-hybridized carbons (Fsp3) is 0.391. The third-order valence-corrected chi connectivity index (χ3v) is 7.01. The van der Waals surface area contributed by atoms with Gasteiger partial charge in [-0.15, -0.1) is 11.8 Å². The van der Waals surface area contributed by atoms with Crippen molar-refractivity contribution in [2.24, 2.45) is 5.92 Å². The van der Waals surface area contributed by atoms with Crippen LogP contribution in [0.1, 0.15) is 42.1 Å². The number of aryl methyl sites for hydroxylation is 1. The minimum Gasteiger partial charge on any atom is -0.508 e. The number of likely N-dealkylation sites (tertiary alicyclic amines) is 1. The van der Waals surface area contributed by atoms with E-state index in [1.54, 1.807) is 12.1 Å². The van der Waals surface area contributed by atoms with Crippen molar-refractivity contribution < 1.29 is 14.7 Å². The maximum absolute atomic E-state index is 12.9. The van der Waals surface area contributed by atoms with Gasteiger partial charge in [0.15, 0.2) is 0 Å². The fourth-order valence-electron chi connectivity index (χ4n) is 3.98. The molecule has 0 aromatic heterocycles. The smallest absolute Gasteiger partial charge is 0.253 e. The number of anilines is 1. The van der Waals surface area contributed by atoms with Crippen LogP contribution in [0, 0.1) is 5.92 Å². The normalized spacial score (nSPS) is 19.6. The summed E-state index contributed by atoms with van der Waals surface area (Å²) in [6.45, 7) is 3.43. The second kappa shape index (κ2) is 8.49. The van der Waals surface area contributed by atoms with E-state index in [4.69, 9.17) is 0 Å². The quantitative estimate of drug-likeness (QED) is 0.788. The van der Waals surface area contributed by atoms with Gasteiger partial charge < -0.3 is 15.3 Å². The zero-order valence-corrected chi connectivity index (χ0v) is 17.4. The molecule has 2 aromatic rings. The summed E-state index contributed by atoms with van der Waals surface area (Å²) in [7, 11) is 0. The van der Waals surface area contributed by atoms with E-state index < -0.39 is 0 Å². The van der Waals surface area contributed by atoms with Gasteiger partial charge in [0.25, 0.3) is 5.91 Å². The number of hydrogen-bond acceptors (Lipinski definition) is 4. The van der Waals surface area contributed by atoms with Gasteiger partial charge in [0.1, 0.15) is 5.75 Å². The Bertz CT molecular complexity index is 905. The second-order valence-corrected chi connectivity index (χ2v) is 9.28. The molecule has 2 aromatic carbocycles. The highest BCUT2D eigenvalue weighted by atomic mass is 32.2. The van der Waals surface area contributed by atoms with Crippen molar-refractivity contribution in [3.63, 3.8) is 0 Å². The number of aromatic hydroxyl groups is 1. The van der Waals surface area contributed by atoms with Gasteiger partial charge in [0, 0.05) is 23.5 Å². The number of phenols is 1. The lowest BCUT2D eigenvalue weighted by atomic mass is 9.90. The minimum atomic E-state index is -0.107. The molecule has 2 aliphatic heterocycles. The first kappa shape index (κ1) is 19.8. The largest absolute Gasteiger partial charge is 0.508 e. The van der Waals surface area contributed by atoms with Gasteiger partial charge >= 0.3 is 0 Å². The molecule has 1 saturated heterocycles. The molecule has 2 aliphatic rings. The number of hydrogen-bond donors (Lipinski definition) is 2. The van der Waals surface area contributed by atoms with Crippen LogP contribution in [0.4, 0.5) is 5.69 Å². The summed E-state index contributed by atoms with van der Waals surface area (Å²) < 4.78 is 0. The molecule has 0 saturated carbocycles. The van der Waals surface area contributed by atoms with E-state index in [-0.39, 0.29) is 17.1 Å². The summed E-state index contributed by atoms with van der Waals surface area (Å²) in [5.41, 5.74) is 2.62. The maximum Gasteiger partial charge on any atom is 0.253 e. The molecule has 6 heteroatoms. The average Bonchev–Trinajstić information content (AvgIpc) is 2.74. The number of nitrogens with one attached hydrogen (secondary N) is 1. The number of piperidine rings is 1. The Hall–Kier alpha value is -2.47. The van der Waals surface area contributed by atoms with Gasteiger partial charge in [0.2, 0.25) is 5.91 Å². The molecule has 0 radical (unpaired) electrons. The van der Waals surface area contributed by atoms with Crippen molar-refractivity contribution in [1.29, 1.82) is 0 Å². The number of fused-ring (bicyclic) bond motifs is 1. The predicted octanol–water partition coefficient (Wildman–Crippen LogP) is 4.31. The number of carbonyl (C=O) groups is 2. The monoisotopic (exact) mass is 410 g/mol. The molecule has 2 heterocycles. The standard InChI is InChI=1S/C23H26N2O3S/c1-15-22(27)24-20-14-18(6-9-21(20)29-15)23(28)25-12-10-17(11-13-25)3-2-16-4-7-19(26)8-5-16/h4-9,14-15,17,26H,2-3,10-13H2,1H3,(H,24,27)/t15-/m1/s1. The SMILES string of the molecule is C[C@H]1Sc2ccc(C(=O)N3CCC(CCc4ccc(O)cc4)CC3)cc2NC1=O. The van der Waals surface area contributed by atoms with Crippen LogP contribution in [-0.4, -0.2) is 40.2 Å². The highest BCUT2D eigenvalue weighted by Gasteiger charge is 2.26. The Balaban J connectivity index is 1.31. The van der Waals surface area contributed by atoms with Crippen molar-refractivity contribution in [3.8, 4) is 5.75 Å². The van der Waals surface area contributed by atoms with E-state index in [0.717, 1.165) is 49.4 Å².